The summed E-state index contributed by atoms with van der Waals surface area (Å²) in [5.74, 6) is -0.111. The molecular formula is C23H18Cl2F3N10+. The minimum atomic E-state index is -2.91. The number of hydrogen-bond acceptors (Lipinski definition) is 6. The lowest BCUT2D eigenvalue weighted by molar-refractivity contribution is -0.659. The summed E-state index contributed by atoms with van der Waals surface area (Å²) in [5.41, 5.74) is 2.20. The van der Waals surface area contributed by atoms with Crippen molar-refractivity contribution in [3.63, 3.8) is 0 Å². The topological polar surface area (TPSA) is 107 Å². The molecule has 0 radical (unpaired) electrons. The largest absolute Gasteiger partial charge is 0.335 e. The van der Waals surface area contributed by atoms with Crippen LogP contribution in [0.15, 0.2) is 49.2 Å². The highest BCUT2D eigenvalue weighted by atomic mass is 35.5. The highest BCUT2D eigenvalue weighted by molar-refractivity contribution is 6.31. The molecule has 1 aromatic carbocycles. The second-order valence-corrected chi connectivity index (χ2v) is 9.65. The molecule has 38 heavy (non-hydrogen) atoms. The van der Waals surface area contributed by atoms with E-state index >= 15 is 4.39 Å². The predicted molar refractivity (Wildman–Crippen MR) is 129 cm³/mol. The number of H-pyrrole nitrogens is 1. The Kier molecular flexibility index (Phi) is 6.32. The first-order valence-electron chi connectivity index (χ1n) is 11.6. The lowest BCUT2D eigenvalue weighted by atomic mass is 10.0. The monoisotopic (exact) mass is 561 g/mol. The number of tetrazole rings is 1. The first-order chi connectivity index (χ1) is 18.4. The van der Waals surface area contributed by atoms with Crippen molar-refractivity contribution in [1.82, 2.24) is 45.3 Å². The number of nitrogens with zero attached hydrogens (tertiary/aromatic N) is 9. The number of alkyl halides is 2. The molecule has 5 aromatic rings. The second-order valence-electron chi connectivity index (χ2n) is 8.88. The van der Waals surface area contributed by atoms with Gasteiger partial charge in [-0.05, 0) is 30.5 Å². The minimum absolute atomic E-state index is 0.0175. The molecule has 1 aliphatic carbocycles. The van der Waals surface area contributed by atoms with Crippen molar-refractivity contribution in [3.8, 4) is 28.1 Å². The summed E-state index contributed by atoms with van der Waals surface area (Å²) in [6.07, 6.45) is 8.97. The maximum atomic E-state index is 15.2. The van der Waals surface area contributed by atoms with Crippen LogP contribution in [0.1, 0.15) is 37.5 Å². The molecule has 6 rings (SSSR count). The smallest absolute Gasteiger partial charge is 0.263 e. The van der Waals surface area contributed by atoms with Crippen LogP contribution in [0.2, 0.25) is 10.2 Å². The molecule has 0 aliphatic heterocycles. The molecule has 10 nitrogen and oxygen atoms in total. The molecule has 15 heteroatoms. The summed E-state index contributed by atoms with van der Waals surface area (Å²) in [7, 11) is 0. The molecule has 0 unspecified atom stereocenters. The number of benzene rings is 1. The van der Waals surface area contributed by atoms with Crippen molar-refractivity contribution in [2.24, 2.45) is 5.92 Å². The van der Waals surface area contributed by atoms with E-state index in [1.54, 1.807) is 35.3 Å². The lowest BCUT2D eigenvalue weighted by Gasteiger charge is -2.18. The van der Waals surface area contributed by atoms with Crippen molar-refractivity contribution in [3.05, 3.63) is 70.9 Å². The number of pyridine rings is 1. The van der Waals surface area contributed by atoms with Crippen LogP contribution >= 0.6 is 23.2 Å². The third kappa shape index (κ3) is 4.52. The Labute approximate surface area is 223 Å². The van der Waals surface area contributed by atoms with Crippen LogP contribution in [0.25, 0.3) is 28.1 Å². The number of halogens is 5. The molecule has 1 aliphatic rings. The third-order valence-electron chi connectivity index (χ3n) is 6.41. The van der Waals surface area contributed by atoms with E-state index in [1.165, 1.54) is 23.3 Å². The fraction of sp³-hybridized carbons (Fsp3) is 0.261. The van der Waals surface area contributed by atoms with Gasteiger partial charge in [0.15, 0.2) is 16.2 Å². The van der Waals surface area contributed by atoms with Crippen LogP contribution in [0.5, 0.6) is 0 Å². The fourth-order valence-electron chi connectivity index (χ4n) is 4.39. The van der Waals surface area contributed by atoms with Crippen LogP contribution in [-0.2, 0) is 0 Å². The van der Waals surface area contributed by atoms with Gasteiger partial charge in [-0.25, -0.2) is 4.39 Å². The summed E-state index contributed by atoms with van der Waals surface area (Å²) >= 11 is 12.1. The molecule has 0 saturated heterocycles. The van der Waals surface area contributed by atoms with E-state index in [9.17, 15) is 8.78 Å². The molecule has 0 spiro atoms. The van der Waals surface area contributed by atoms with Gasteiger partial charge < -0.3 is 0 Å². The zero-order chi connectivity index (χ0) is 26.4. The summed E-state index contributed by atoms with van der Waals surface area (Å²) < 4.78 is 45.6. The van der Waals surface area contributed by atoms with E-state index in [2.05, 4.69) is 35.9 Å². The van der Waals surface area contributed by atoms with Crippen molar-refractivity contribution >= 4 is 23.2 Å². The van der Waals surface area contributed by atoms with Crippen LogP contribution in [-0.4, -0.2) is 45.3 Å². The van der Waals surface area contributed by atoms with Gasteiger partial charge in [0.1, 0.15) is 16.5 Å². The van der Waals surface area contributed by atoms with Crippen LogP contribution < -0.4 is 4.68 Å². The third-order valence-corrected chi connectivity index (χ3v) is 6.96. The molecule has 0 amide bonds. The van der Waals surface area contributed by atoms with Crippen molar-refractivity contribution in [1.29, 1.82) is 0 Å². The number of aromatic nitrogens is 10. The van der Waals surface area contributed by atoms with Gasteiger partial charge in [-0.3, -0.25) is 9.67 Å². The summed E-state index contributed by atoms with van der Waals surface area (Å²) in [6.45, 7) is -2.91. The maximum Gasteiger partial charge on any atom is 0.335 e. The normalized spacial score (nSPS) is 14.4. The quantitative estimate of drug-likeness (QED) is 0.272. The van der Waals surface area contributed by atoms with Crippen LogP contribution in [0.4, 0.5) is 13.2 Å². The second kappa shape index (κ2) is 9.80. The maximum absolute atomic E-state index is 15.2. The highest BCUT2D eigenvalue weighted by Gasteiger charge is 2.30. The van der Waals surface area contributed by atoms with Crippen LogP contribution in [0, 0.1) is 11.7 Å². The van der Waals surface area contributed by atoms with E-state index in [4.69, 9.17) is 23.2 Å². The standard InChI is InChI=1S/C23H17Cl2F3N10/c24-15-4-6-17(37-11-30-33-35-37)19(20(15)26)13-3-5-16(29-8-13)18(7-12-1-2-12)36-10-14(9-31-36)21-22(25)32-34-38(21)23(27)28/h3-6,8-12,18,23H,1-2,7H2/p+1/t18-/m0/s1. The molecule has 1 saturated carbocycles. The lowest BCUT2D eigenvalue weighted by Crippen LogP contribution is -2.33. The summed E-state index contributed by atoms with van der Waals surface area (Å²) in [5, 5.41) is 21.3. The Morgan fingerprint density at radius 2 is 1.95 bits per heavy atom. The molecule has 4 heterocycles. The SMILES string of the molecule is Fc1c(Cl)ccc(-[n+]2cnn[nH]2)c1-c1ccc([C@H](CC2CC2)n2cc(-c3c(Cl)nnn3C(F)F)cn2)nc1. The highest BCUT2D eigenvalue weighted by Crippen LogP contribution is 2.40. The zero-order valence-corrected chi connectivity index (χ0v) is 20.9. The van der Waals surface area contributed by atoms with Crippen molar-refractivity contribution < 1.29 is 17.9 Å². The number of hydrogen-bond donors (Lipinski definition) is 1. The van der Waals surface area contributed by atoms with E-state index in [1.807, 2.05) is 0 Å². The van der Waals surface area contributed by atoms with E-state index in [0.717, 1.165) is 19.3 Å². The van der Waals surface area contributed by atoms with E-state index in [0.29, 0.717) is 33.1 Å². The van der Waals surface area contributed by atoms with E-state index in [-0.39, 0.29) is 27.5 Å². The van der Waals surface area contributed by atoms with Gasteiger partial charge in [0, 0.05) is 23.5 Å². The number of nitrogens with one attached hydrogen (secondary N) is 1. The first kappa shape index (κ1) is 24.5. The molecule has 0 bridgehead atoms. The van der Waals surface area contributed by atoms with Crippen molar-refractivity contribution in [2.45, 2.75) is 31.9 Å². The van der Waals surface area contributed by atoms with Crippen LogP contribution in [0.3, 0.4) is 0 Å². The Morgan fingerprint density at radius 3 is 2.63 bits per heavy atom. The van der Waals surface area contributed by atoms with Gasteiger partial charge in [0.2, 0.25) is 0 Å². The Morgan fingerprint density at radius 1 is 1.11 bits per heavy atom. The minimum Gasteiger partial charge on any atom is -0.263 e. The van der Waals surface area contributed by atoms with Crippen molar-refractivity contribution in [2.75, 3.05) is 0 Å². The van der Waals surface area contributed by atoms with Gasteiger partial charge in [-0.2, -0.15) is 18.6 Å². The zero-order valence-electron chi connectivity index (χ0n) is 19.4. The Balaban J connectivity index is 1.37. The molecule has 194 valence electrons. The van der Waals surface area contributed by atoms with Gasteiger partial charge >= 0.3 is 6.55 Å². The predicted octanol–water partition coefficient (Wildman–Crippen LogP) is 4.83. The number of rotatable bonds is 8. The van der Waals surface area contributed by atoms with E-state index < -0.39 is 12.4 Å². The summed E-state index contributed by atoms with van der Waals surface area (Å²) in [4.78, 5) is 4.64. The Bertz CT molecular complexity index is 1580. The molecule has 1 fully saturated rings. The van der Waals surface area contributed by atoms with Gasteiger partial charge in [-0.15, -0.1) is 9.78 Å². The fourth-order valence-corrected chi connectivity index (χ4v) is 4.77. The first-order valence-corrected chi connectivity index (χ1v) is 12.3. The van der Waals surface area contributed by atoms with Gasteiger partial charge in [0.25, 0.3) is 6.33 Å². The van der Waals surface area contributed by atoms with Gasteiger partial charge in [0.05, 0.1) is 28.5 Å². The average Bonchev–Trinajstić information content (AvgIpc) is 3.28. The Hall–Kier alpha value is -3.84. The molecule has 4 aromatic heterocycles. The number of aromatic amines is 1. The van der Waals surface area contributed by atoms with Gasteiger partial charge in [-0.1, -0.05) is 52.5 Å². The molecule has 1 atom stereocenters. The molecule has 1 N–H and O–H groups in total. The summed E-state index contributed by atoms with van der Waals surface area (Å²) in [6, 6.07) is 6.37. The average molecular weight is 562 g/mol. The molecular weight excluding hydrogens is 544 g/mol.